The van der Waals surface area contributed by atoms with E-state index in [1.807, 2.05) is 12.1 Å². The summed E-state index contributed by atoms with van der Waals surface area (Å²) in [7, 11) is 0. The second kappa shape index (κ2) is 4.53. The molecule has 2 aromatic heterocycles. The minimum Gasteiger partial charge on any atom is -0.481 e. The van der Waals surface area contributed by atoms with Crippen molar-refractivity contribution in [3.05, 3.63) is 48.4 Å². The van der Waals surface area contributed by atoms with Crippen molar-refractivity contribution in [1.29, 1.82) is 0 Å². The van der Waals surface area contributed by atoms with Crippen LogP contribution in [-0.4, -0.2) is 21.0 Å². The number of aromatic nitrogens is 2. The molecule has 2 rings (SSSR count). The molecule has 0 fully saturated rings. The van der Waals surface area contributed by atoms with E-state index in [0.717, 1.165) is 5.56 Å². The number of carbonyl (C=O) groups is 1. The monoisotopic (exact) mass is 214 g/mol. The summed E-state index contributed by atoms with van der Waals surface area (Å²) in [6.45, 7) is 0. The number of aliphatic carboxylic acids is 1. The average Bonchev–Trinajstić information content (AvgIpc) is 2.30. The lowest BCUT2D eigenvalue weighted by molar-refractivity contribution is -0.136. The van der Waals surface area contributed by atoms with E-state index in [1.54, 1.807) is 30.7 Å². The molecular weight excluding hydrogens is 204 g/mol. The fourth-order valence-electron chi connectivity index (χ4n) is 1.51. The van der Waals surface area contributed by atoms with E-state index in [2.05, 4.69) is 9.97 Å². The zero-order valence-electron chi connectivity index (χ0n) is 8.50. The highest BCUT2D eigenvalue weighted by Gasteiger charge is 2.08. The summed E-state index contributed by atoms with van der Waals surface area (Å²) in [5.41, 5.74) is 2.29. The molecule has 0 unspecified atom stereocenters. The maximum atomic E-state index is 10.7. The molecule has 2 aromatic rings. The van der Waals surface area contributed by atoms with Gasteiger partial charge in [-0.3, -0.25) is 14.8 Å². The van der Waals surface area contributed by atoms with E-state index in [4.69, 9.17) is 5.11 Å². The van der Waals surface area contributed by atoms with Gasteiger partial charge in [0.1, 0.15) is 0 Å². The van der Waals surface area contributed by atoms with Crippen molar-refractivity contribution in [3.63, 3.8) is 0 Å². The van der Waals surface area contributed by atoms with Gasteiger partial charge < -0.3 is 5.11 Å². The van der Waals surface area contributed by atoms with Crippen molar-refractivity contribution in [3.8, 4) is 11.3 Å². The van der Waals surface area contributed by atoms with Gasteiger partial charge in [0.05, 0.1) is 12.1 Å². The second-order valence-corrected chi connectivity index (χ2v) is 3.32. The third-order valence-corrected chi connectivity index (χ3v) is 2.19. The Balaban J connectivity index is 2.44. The molecule has 0 saturated carbocycles. The molecule has 0 bridgehead atoms. The largest absolute Gasteiger partial charge is 0.481 e. The van der Waals surface area contributed by atoms with Gasteiger partial charge >= 0.3 is 5.97 Å². The lowest BCUT2D eigenvalue weighted by Crippen LogP contribution is -2.02. The summed E-state index contributed by atoms with van der Waals surface area (Å²) >= 11 is 0. The first kappa shape index (κ1) is 10.3. The molecule has 4 nitrogen and oxygen atoms in total. The highest BCUT2D eigenvalue weighted by molar-refractivity contribution is 5.74. The molecule has 16 heavy (non-hydrogen) atoms. The average molecular weight is 214 g/mol. The van der Waals surface area contributed by atoms with Crippen LogP contribution in [0.5, 0.6) is 0 Å². The van der Waals surface area contributed by atoms with Gasteiger partial charge in [-0.05, 0) is 23.8 Å². The van der Waals surface area contributed by atoms with Crippen molar-refractivity contribution in [2.45, 2.75) is 6.42 Å². The summed E-state index contributed by atoms with van der Waals surface area (Å²) in [5.74, 6) is -0.858. The van der Waals surface area contributed by atoms with E-state index < -0.39 is 5.97 Å². The summed E-state index contributed by atoms with van der Waals surface area (Å²) in [6, 6.07) is 7.14. The van der Waals surface area contributed by atoms with Crippen LogP contribution in [0.25, 0.3) is 11.3 Å². The molecule has 0 atom stereocenters. The normalized spacial score (nSPS) is 10.0. The molecule has 0 aromatic carbocycles. The third kappa shape index (κ3) is 2.23. The molecule has 0 aliphatic carbocycles. The first-order valence-corrected chi connectivity index (χ1v) is 4.83. The molecule has 0 spiro atoms. The summed E-state index contributed by atoms with van der Waals surface area (Å²) < 4.78 is 0. The Labute approximate surface area is 92.6 Å². The highest BCUT2D eigenvalue weighted by Crippen LogP contribution is 2.20. The molecule has 4 heteroatoms. The Bertz CT molecular complexity index is 497. The molecular formula is C12H10N2O2. The molecule has 0 radical (unpaired) electrons. The van der Waals surface area contributed by atoms with E-state index in [0.29, 0.717) is 11.3 Å². The number of carboxylic acid groups (broad SMARTS) is 1. The van der Waals surface area contributed by atoms with Gasteiger partial charge in [-0.25, -0.2) is 0 Å². The van der Waals surface area contributed by atoms with Crippen molar-refractivity contribution in [2.24, 2.45) is 0 Å². The molecule has 1 N–H and O–H groups in total. The van der Waals surface area contributed by atoms with Crippen LogP contribution in [0.4, 0.5) is 0 Å². The minimum absolute atomic E-state index is 0.0223. The zero-order chi connectivity index (χ0) is 11.4. The standard InChI is InChI=1S/C12H10N2O2/c15-11(16)8-10-2-1-5-14-12(10)9-3-6-13-7-4-9/h1-7H,8H2,(H,15,16). The molecule has 0 aliphatic rings. The fourth-order valence-corrected chi connectivity index (χ4v) is 1.51. The predicted octanol–water partition coefficient (Wildman–Crippen LogP) is 1.77. The fraction of sp³-hybridized carbons (Fsp3) is 0.0833. The van der Waals surface area contributed by atoms with Gasteiger partial charge in [-0.1, -0.05) is 6.07 Å². The van der Waals surface area contributed by atoms with E-state index in [-0.39, 0.29) is 6.42 Å². The van der Waals surface area contributed by atoms with E-state index in [9.17, 15) is 4.79 Å². The van der Waals surface area contributed by atoms with Crippen LogP contribution in [0, 0.1) is 0 Å². The predicted molar refractivity (Wildman–Crippen MR) is 58.8 cm³/mol. The first-order valence-electron chi connectivity index (χ1n) is 4.83. The number of hydrogen-bond acceptors (Lipinski definition) is 3. The van der Waals surface area contributed by atoms with Crippen molar-refractivity contribution >= 4 is 5.97 Å². The van der Waals surface area contributed by atoms with Gasteiger partial charge in [0, 0.05) is 24.2 Å². The van der Waals surface area contributed by atoms with Crippen LogP contribution in [0.1, 0.15) is 5.56 Å². The maximum Gasteiger partial charge on any atom is 0.307 e. The van der Waals surface area contributed by atoms with Crippen LogP contribution < -0.4 is 0 Å². The molecule has 0 amide bonds. The Hall–Kier alpha value is -2.23. The number of hydrogen-bond donors (Lipinski definition) is 1. The number of rotatable bonds is 3. The van der Waals surface area contributed by atoms with Gasteiger partial charge in [-0.2, -0.15) is 0 Å². The maximum absolute atomic E-state index is 10.7. The lowest BCUT2D eigenvalue weighted by Gasteiger charge is -2.05. The van der Waals surface area contributed by atoms with Crippen LogP contribution in [0.3, 0.4) is 0 Å². The number of nitrogens with zero attached hydrogens (tertiary/aromatic N) is 2. The van der Waals surface area contributed by atoms with Crippen LogP contribution in [0.2, 0.25) is 0 Å². The lowest BCUT2D eigenvalue weighted by atomic mass is 10.0. The minimum atomic E-state index is -0.858. The van der Waals surface area contributed by atoms with Gasteiger partial charge in [0.2, 0.25) is 0 Å². The zero-order valence-corrected chi connectivity index (χ0v) is 8.50. The molecule has 0 aliphatic heterocycles. The first-order chi connectivity index (χ1) is 7.77. The quantitative estimate of drug-likeness (QED) is 0.845. The van der Waals surface area contributed by atoms with Crippen LogP contribution in [0.15, 0.2) is 42.9 Å². The van der Waals surface area contributed by atoms with Gasteiger partial charge in [0.15, 0.2) is 0 Å². The van der Waals surface area contributed by atoms with Gasteiger partial charge in [0.25, 0.3) is 0 Å². The summed E-state index contributed by atoms with van der Waals surface area (Å²) in [4.78, 5) is 18.8. The summed E-state index contributed by atoms with van der Waals surface area (Å²) in [5, 5.41) is 8.80. The van der Waals surface area contributed by atoms with E-state index >= 15 is 0 Å². The van der Waals surface area contributed by atoms with Crippen molar-refractivity contribution in [2.75, 3.05) is 0 Å². The second-order valence-electron chi connectivity index (χ2n) is 3.32. The smallest absolute Gasteiger partial charge is 0.307 e. The number of pyridine rings is 2. The van der Waals surface area contributed by atoms with Gasteiger partial charge in [-0.15, -0.1) is 0 Å². The Morgan fingerprint density at radius 2 is 1.94 bits per heavy atom. The van der Waals surface area contributed by atoms with Crippen molar-refractivity contribution in [1.82, 2.24) is 9.97 Å². The third-order valence-electron chi connectivity index (χ3n) is 2.19. The Morgan fingerprint density at radius 3 is 2.62 bits per heavy atom. The van der Waals surface area contributed by atoms with Crippen molar-refractivity contribution < 1.29 is 9.90 Å². The van der Waals surface area contributed by atoms with Crippen LogP contribution in [-0.2, 0) is 11.2 Å². The molecule has 0 saturated heterocycles. The Morgan fingerprint density at radius 1 is 1.19 bits per heavy atom. The molecule has 2 heterocycles. The Kier molecular flexibility index (Phi) is 2.91. The SMILES string of the molecule is O=C(O)Cc1cccnc1-c1ccncc1. The van der Waals surface area contributed by atoms with Crippen LogP contribution >= 0.6 is 0 Å². The molecule has 80 valence electrons. The summed E-state index contributed by atoms with van der Waals surface area (Å²) in [6.07, 6.45) is 4.95. The van der Waals surface area contributed by atoms with E-state index in [1.165, 1.54) is 0 Å². The number of carboxylic acids is 1. The topological polar surface area (TPSA) is 63.1 Å². The highest BCUT2D eigenvalue weighted by atomic mass is 16.4.